The number of ether oxygens (including phenoxy) is 2. The van der Waals surface area contributed by atoms with Gasteiger partial charge in [-0.05, 0) is 62.4 Å². The Labute approximate surface area is 126 Å². The van der Waals surface area contributed by atoms with E-state index in [1.165, 1.54) is 31.1 Å². The van der Waals surface area contributed by atoms with E-state index >= 15 is 0 Å². The molecule has 1 aliphatic rings. The van der Waals surface area contributed by atoms with E-state index in [4.69, 9.17) is 9.47 Å². The van der Waals surface area contributed by atoms with Gasteiger partial charge < -0.3 is 9.47 Å². The van der Waals surface area contributed by atoms with E-state index in [1.54, 1.807) is 6.92 Å². The maximum atomic E-state index is 11.9. The number of fused-ring (bicyclic) bond motifs is 1. The molecule has 0 radical (unpaired) electrons. The molecule has 0 aliphatic heterocycles. The zero-order valence-corrected chi connectivity index (χ0v) is 13.2. The maximum absolute atomic E-state index is 11.9. The highest BCUT2D eigenvalue weighted by atomic mass is 16.5. The number of likely N-dealkylation sites (N-methyl/N-ethyl adjacent to an activating group) is 1. The van der Waals surface area contributed by atoms with Gasteiger partial charge in [0.15, 0.2) is 0 Å². The van der Waals surface area contributed by atoms with Crippen molar-refractivity contribution in [2.75, 3.05) is 20.3 Å². The summed E-state index contributed by atoms with van der Waals surface area (Å²) >= 11 is 0. The average molecular weight is 291 g/mol. The fourth-order valence-electron chi connectivity index (χ4n) is 2.82. The lowest BCUT2D eigenvalue weighted by Crippen LogP contribution is -2.54. The summed E-state index contributed by atoms with van der Waals surface area (Å²) < 4.78 is 10.7. The van der Waals surface area contributed by atoms with Gasteiger partial charge in [0.2, 0.25) is 0 Å². The number of carbonyl (C=O) groups is 1. The van der Waals surface area contributed by atoms with E-state index in [9.17, 15) is 4.79 Å². The molecule has 21 heavy (non-hydrogen) atoms. The van der Waals surface area contributed by atoms with E-state index in [0.29, 0.717) is 6.54 Å². The van der Waals surface area contributed by atoms with Crippen molar-refractivity contribution >= 4 is 5.97 Å². The van der Waals surface area contributed by atoms with Crippen LogP contribution in [0, 0.1) is 0 Å². The Morgan fingerprint density at radius 3 is 2.67 bits per heavy atom. The zero-order valence-electron chi connectivity index (χ0n) is 13.2. The second-order valence-electron chi connectivity index (χ2n) is 5.78. The van der Waals surface area contributed by atoms with E-state index in [-0.39, 0.29) is 12.6 Å². The number of carbonyl (C=O) groups excluding carboxylic acids is 1. The number of hydrogen-bond acceptors (Lipinski definition) is 4. The number of esters is 1. The van der Waals surface area contributed by atoms with Crippen LogP contribution in [-0.2, 0) is 22.4 Å². The summed E-state index contributed by atoms with van der Waals surface area (Å²) in [5.74, 6) is 0.519. The van der Waals surface area contributed by atoms with Crippen molar-refractivity contribution in [2.24, 2.45) is 0 Å². The van der Waals surface area contributed by atoms with Gasteiger partial charge in [0.25, 0.3) is 0 Å². The van der Waals surface area contributed by atoms with Crippen LogP contribution in [0.5, 0.6) is 5.75 Å². The molecule has 1 unspecified atom stereocenters. The van der Waals surface area contributed by atoms with Gasteiger partial charge in [-0.1, -0.05) is 13.0 Å². The standard InChI is InChI=1S/C17H25NO3/c1-4-18-17(2,16(19)20-3)12-21-15-10-9-13-7-5-6-8-14(13)11-15/h9-11,18H,4-8,12H2,1-3H3. The van der Waals surface area contributed by atoms with Crippen LogP contribution in [0.1, 0.15) is 37.8 Å². The summed E-state index contributed by atoms with van der Waals surface area (Å²) in [6, 6.07) is 6.25. The minimum Gasteiger partial charge on any atom is -0.491 e. The van der Waals surface area contributed by atoms with E-state index in [1.807, 2.05) is 13.0 Å². The molecule has 1 aliphatic carbocycles. The lowest BCUT2D eigenvalue weighted by molar-refractivity contribution is -0.149. The Balaban J connectivity index is 2.05. The van der Waals surface area contributed by atoms with Crippen LogP contribution in [0.3, 0.4) is 0 Å². The fourth-order valence-corrected chi connectivity index (χ4v) is 2.82. The average Bonchev–Trinajstić information content (AvgIpc) is 2.52. The lowest BCUT2D eigenvalue weighted by atomic mass is 9.92. The van der Waals surface area contributed by atoms with Crippen molar-refractivity contribution in [3.63, 3.8) is 0 Å². The molecule has 0 fully saturated rings. The Morgan fingerprint density at radius 2 is 2.00 bits per heavy atom. The van der Waals surface area contributed by atoms with Crippen molar-refractivity contribution in [1.82, 2.24) is 5.32 Å². The van der Waals surface area contributed by atoms with Crippen LogP contribution in [-0.4, -0.2) is 31.8 Å². The first-order chi connectivity index (χ1) is 10.1. The molecule has 1 aromatic carbocycles. The summed E-state index contributed by atoms with van der Waals surface area (Å²) in [6.07, 6.45) is 4.79. The minimum atomic E-state index is -0.820. The number of rotatable bonds is 6. The molecule has 0 amide bonds. The molecule has 0 spiro atoms. The van der Waals surface area contributed by atoms with Crippen LogP contribution in [0.2, 0.25) is 0 Å². The number of methoxy groups -OCH3 is 1. The number of nitrogens with one attached hydrogen (secondary N) is 1. The van der Waals surface area contributed by atoms with Crippen molar-refractivity contribution in [3.05, 3.63) is 29.3 Å². The Kier molecular flexibility index (Phi) is 5.23. The van der Waals surface area contributed by atoms with Crippen LogP contribution >= 0.6 is 0 Å². The lowest BCUT2D eigenvalue weighted by Gasteiger charge is -2.27. The first kappa shape index (κ1) is 15.8. The second-order valence-corrected chi connectivity index (χ2v) is 5.78. The van der Waals surface area contributed by atoms with Gasteiger partial charge in [-0.2, -0.15) is 0 Å². The van der Waals surface area contributed by atoms with Gasteiger partial charge in [-0.15, -0.1) is 0 Å². The third-order valence-corrected chi connectivity index (χ3v) is 4.05. The molecule has 0 aromatic heterocycles. The molecule has 116 valence electrons. The zero-order chi connectivity index (χ0) is 15.3. The highest BCUT2D eigenvalue weighted by Gasteiger charge is 2.34. The Hall–Kier alpha value is -1.55. The monoisotopic (exact) mass is 291 g/mol. The number of benzene rings is 1. The Bertz CT molecular complexity index is 501. The van der Waals surface area contributed by atoms with Gasteiger partial charge >= 0.3 is 5.97 Å². The van der Waals surface area contributed by atoms with Gasteiger partial charge in [0.05, 0.1) is 7.11 Å². The molecular formula is C17H25NO3. The number of hydrogen-bond donors (Lipinski definition) is 1. The van der Waals surface area contributed by atoms with Gasteiger partial charge in [0.1, 0.15) is 17.9 Å². The summed E-state index contributed by atoms with van der Waals surface area (Å²) in [4.78, 5) is 11.9. The SMILES string of the molecule is CCNC(C)(COc1ccc2c(c1)CCCC2)C(=O)OC. The third-order valence-electron chi connectivity index (χ3n) is 4.05. The van der Waals surface area contributed by atoms with Crippen LogP contribution < -0.4 is 10.1 Å². The molecule has 0 heterocycles. The predicted molar refractivity (Wildman–Crippen MR) is 82.7 cm³/mol. The van der Waals surface area contributed by atoms with Crippen molar-refractivity contribution in [3.8, 4) is 5.75 Å². The fraction of sp³-hybridized carbons (Fsp3) is 0.588. The summed E-state index contributed by atoms with van der Waals surface area (Å²) in [5, 5.41) is 3.14. The van der Waals surface area contributed by atoms with E-state index in [2.05, 4.69) is 17.4 Å². The van der Waals surface area contributed by atoms with Crippen LogP contribution in [0.4, 0.5) is 0 Å². The highest BCUT2D eigenvalue weighted by Crippen LogP contribution is 2.25. The molecule has 1 N–H and O–H groups in total. The first-order valence-electron chi connectivity index (χ1n) is 7.67. The normalized spacial score (nSPS) is 16.7. The smallest absolute Gasteiger partial charge is 0.329 e. The summed E-state index contributed by atoms with van der Waals surface area (Å²) in [7, 11) is 1.40. The minimum absolute atomic E-state index is 0.256. The molecule has 0 saturated heterocycles. The molecule has 1 aromatic rings. The third kappa shape index (κ3) is 3.76. The first-order valence-corrected chi connectivity index (χ1v) is 7.67. The molecule has 4 heteroatoms. The van der Waals surface area contributed by atoms with Gasteiger partial charge in [-0.3, -0.25) is 5.32 Å². The predicted octanol–water partition coefficient (Wildman–Crippen LogP) is 2.49. The molecule has 0 saturated carbocycles. The van der Waals surface area contributed by atoms with Crippen molar-refractivity contribution in [2.45, 2.75) is 45.1 Å². The van der Waals surface area contributed by atoms with Gasteiger partial charge in [-0.25, -0.2) is 4.79 Å². The molecule has 4 nitrogen and oxygen atoms in total. The topological polar surface area (TPSA) is 47.6 Å². The summed E-state index contributed by atoms with van der Waals surface area (Å²) in [5.41, 5.74) is 1.98. The largest absolute Gasteiger partial charge is 0.491 e. The van der Waals surface area contributed by atoms with Gasteiger partial charge in [0, 0.05) is 0 Å². The molecule has 1 atom stereocenters. The number of aryl methyl sites for hydroxylation is 2. The van der Waals surface area contributed by atoms with E-state index < -0.39 is 5.54 Å². The highest BCUT2D eigenvalue weighted by molar-refractivity contribution is 5.80. The Morgan fingerprint density at radius 1 is 1.29 bits per heavy atom. The second kappa shape index (κ2) is 6.94. The van der Waals surface area contributed by atoms with Crippen molar-refractivity contribution in [1.29, 1.82) is 0 Å². The summed E-state index contributed by atoms with van der Waals surface area (Å²) in [6.45, 7) is 4.70. The van der Waals surface area contributed by atoms with Crippen LogP contribution in [0.15, 0.2) is 18.2 Å². The van der Waals surface area contributed by atoms with E-state index in [0.717, 1.165) is 18.6 Å². The quantitative estimate of drug-likeness (QED) is 0.818. The van der Waals surface area contributed by atoms with Crippen molar-refractivity contribution < 1.29 is 14.3 Å². The maximum Gasteiger partial charge on any atom is 0.329 e. The molecule has 2 rings (SSSR count). The molecule has 0 bridgehead atoms. The van der Waals surface area contributed by atoms with Crippen LogP contribution in [0.25, 0.3) is 0 Å². The molecular weight excluding hydrogens is 266 g/mol.